The number of nitrogens with zero attached hydrogens (tertiary/aromatic N) is 1. The Morgan fingerprint density at radius 2 is 1.94 bits per heavy atom. The number of rotatable bonds is 5. The quantitative estimate of drug-likeness (QED) is 0.878. The lowest BCUT2D eigenvalue weighted by molar-refractivity contribution is -0.143. The molecule has 1 aliphatic carbocycles. The molecule has 1 aromatic carbocycles. The van der Waals surface area contributed by atoms with E-state index < -0.39 is 23.6 Å². The van der Waals surface area contributed by atoms with E-state index in [0.717, 1.165) is 18.9 Å². The van der Waals surface area contributed by atoms with Crippen molar-refractivity contribution in [3.63, 3.8) is 0 Å². The highest BCUT2D eigenvalue weighted by Gasteiger charge is 2.34. The van der Waals surface area contributed by atoms with E-state index in [0.29, 0.717) is 5.56 Å². The summed E-state index contributed by atoms with van der Waals surface area (Å²) in [5.41, 5.74) is 0.465. The second-order valence-corrected chi connectivity index (χ2v) is 4.70. The predicted molar refractivity (Wildman–Crippen MR) is 62.0 cm³/mol. The van der Waals surface area contributed by atoms with Gasteiger partial charge < -0.3 is 5.11 Å². The SMILES string of the molecule is CC(C(=O)O)N(Cc1cc(F)cc(F)c1)C1CC1. The molecule has 1 N–H and O–H groups in total. The van der Waals surface area contributed by atoms with Crippen LogP contribution in [0.1, 0.15) is 25.3 Å². The molecule has 1 unspecified atom stereocenters. The lowest BCUT2D eigenvalue weighted by atomic mass is 10.1. The van der Waals surface area contributed by atoms with Crippen molar-refractivity contribution < 1.29 is 18.7 Å². The summed E-state index contributed by atoms with van der Waals surface area (Å²) in [5.74, 6) is -2.19. The van der Waals surface area contributed by atoms with Crippen LogP contribution >= 0.6 is 0 Å². The number of hydrogen-bond donors (Lipinski definition) is 1. The standard InChI is InChI=1S/C13H15F2NO2/c1-8(13(17)18)16(12-2-3-12)7-9-4-10(14)6-11(15)5-9/h4-6,8,12H,2-3,7H2,1H3,(H,17,18). The fraction of sp³-hybridized carbons (Fsp3) is 0.462. The molecule has 0 aliphatic heterocycles. The first-order valence-corrected chi connectivity index (χ1v) is 5.91. The summed E-state index contributed by atoms with van der Waals surface area (Å²) < 4.78 is 26.2. The molecule has 1 aromatic rings. The average molecular weight is 255 g/mol. The highest BCUT2D eigenvalue weighted by Crippen LogP contribution is 2.30. The Morgan fingerprint density at radius 3 is 2.39 bits per heavy atom. The highest BCUT2D eigenvalue weighted by molar-refractivity contribution is 5.73. The van der Waals surface area contributed by atoms with E-state index in [1.165, 1.54) is 12.1 Å². The molecule has 2 rings (SSSR count). The Kier molecular flexibility index (Phi) is 3.61. The van der Waals surface area contributed by atoms with Gasteiger partial charge in [0.1, 0.15) is 17.7 Å². The van der Waals surface area contributed by atoms with E-state index >= 15 is 0 Å². The minimum Gasteiger partial charge on any atom is -0.480 e. The molecule has 1 fully saturated rings. The van der Waals surface area contributed by atoms with Crippen LogP contribution in [-0.2, 0) is 11.3 Å². The third-order valence-corrected chi connectivity index (χ3v) is 3.16. The third-order valence-electron chi connectivity index (χ3n) is 3.16. The van der Waals surface area contributed by atoms with Crippen LogP contribution in [0.2, 0.25) is 0 Å². The van der Waals surface area contributed by atoms with Crippen LogP contribution < -0.4 is 0 Å². The minimum atomic E-state index is -0.918. The Hall–Kier alpha value is -1.49. The summed E-state index contributed by atoms with van der Waals surface area (Å²) in [6.45, 7) is 1.85. The zero-order valence-electron chi connectivity index (χ0n) is 10.1. The molecule has 1 saturated carbocycles. The van der Waals surface area contributed by atoms with Crippen LogP contribution in [0.4, 0.5) is 8.78 Å². The lowest BCUT2D eigenvalue weighted by Crippen LogP contribution is -2.40. The second kappa shape index (κ2) is 5.02. The van der Waals surface area contributed by atoms with Gasteiger partial charge in [-0.2, -0.15) is 0 Å². The van der Waals surface area contributed by atoms with Crippen LogP contribution in [0.5, 0.6) is 0 Å². The number of aliphatic carboxylic acids is 1. The number of halogens is 2. The van der Waals surface area contributed by atoms with Gasteiger partial charge in [0.2, 0.25) is 0 Å². The Labute approximate surface area is 104 Å². The Balaban J connectivity index is 2.15. The zero-order chi connectivity index (χ0) is 13.3. The van der Waals surface area contributed by atoms with E-state index in [1.807, 2.05) is 0 Å². The smallest absolute Gasteiger partial charge is 0.320 e. The van der Waals surface area contributed by atoms with Crippen LogP contribution in [0, 0.1) is 11.6 Å². The van der Waals surface area contributed by atoms with Gasteiger partial charge in [0, 0.05) is 18.7 Å². The molecule has 1 atom stereocenters. The van der Waals surface area contributed by atoms with Gasteiger partial charge in [-0.25, -0.2) is 8.78 Å². The van der Waals surface area contributed by atoms with Gasteiger partial charge in [0.25, 0.3) is 0 Å². The van der Waals surface area contributed by atoms with Gasteiger partial charge in [-0.15, -0.1) is 0 Å². The second-order valence-electron chi connectivity index (χ2n) is 4.70. The van der Waals surface area contributed by atoms with Crippen molar-refractivity contribution in [2.45, 2.75) is 38.4 Å². The first-order chi connectivity index (χ1) is 8.47. The maximum Gasteiger partial charge on any atom is 0.320 e. The molecular formula is C13H15F2NO2. The lowest BCUT2D eigenvalue weighted by Gasteiger charge is -2.26. The summed E-state index contributed by atoms with van der Waals surface area (Å²) in [4.78, 5) is 12.8. The molecular weight excluding hydrogens is 240 g/mol. The topological polar surface area (TPSA) is 40.5 Å². The van der Waals surface area contributed by atoms with Crippen LogP contribution in [0.3, 0.4) is 0 Å². The summed E-state index contributed by atoms with van der Waals surface area (Å²) in [5, 5.41) is 9.03. The van der Waals surface area contributed by atoms with Crippen LogP contribution in [0.25, 0.3) is 0 Å². The van der Waals surface area contributed by atoms with Crippen LogP contribution in [0.15, 0.2) is 18.2 Å². The summed E-state index contributed by atoms with van der Waals surface area (Å²) in [7, 11) is 0. The van der Waals surface area contributed by atoms with E-state index in [9.17, 15) is 13.6 Å². The normalized spacial score (nSPS) is 16.9. The van der Waals surface area contributed by atoms with E-state index in [4.69, 9.17) is 5.11 Å². The van der Waals surface area contributed by atoms with E-state index in [1.54, 1.807) is 11.8 Å². The largest absolute Gasteiger partial charge is 0.480 e. The van der Waals surface area contributed by atoms with Gasteiger partial charge in [-0.05, 0) is 37.5 Å². The summed E-state index contributed by atoms with van der Waals surface area (Å²) in [6.07, 6.45) is 1.88. The van der Waals surface area contributed by atoms with Crippen molar-refractivity contribution in [3.8, 4) is 0 Å². The molecule has 0 heterocycles. The molecule has 0 saturated heterocycles. The summed E-state index contributed by atoms with van der Waals surface area (Å²) >= 11 is 0. The third kappa shape index (κ3) is 3.04. The molecule has 0 spiro atoms. The fourth-order valence-electron chi connectivity index (χ4n) is 2.04. The number of carbonyl (C=O) groups is 1. The maximum absolute atomic E-state index is 13.1. The molecule has 3 nitrogen and oxygen atoms in total. The maximum atomic E-state index is 13.1. The molecule has 0 amide bonds. The number of benzene rings is 1. The number of carboxylic acid groups (broad SMARTS) is 1. The predicted octanol–water partition coefficient (Wildman–Crippen LogP) is 2.40. The highest BCUT2D eigenvalue weighted by atomic mass is 19.1. The van der Waals surface area contributed by atoms with Gasteiger partial charge in [-0.1, -0.05) is 0 Å². The van der Waals surface area contributed by atoms with Crippen molar-refractivity contribution in [3.05, 3.63) is 35.4 Å². The molecule has 5 heteroatoms. The molecule has 1 aliphatic rings. The van der Waals surface area contributed by atoms with Crippen molar-refractivity contribution in [2.75, 3.05) is 0 Å². The van der Waals surface area contributed by atoms with Gasteiger partial charge >= 0.3 is 5.97 Å². The number of hydrogen-bond acceptors (Lipinski definition) is 2. The molecule has 18 heavy (non-hydrogen) atoms. The first kappa shape index (κ1) is 13.0. The first-order valence-electron chi connectivity index (χ1n) is 5.91. The van der Waals surface area contributed by atoms with Crippen molar-refractivity contribution >= 4 is 5.97 Å². The van der Waals surface area contributed by atoms with E-state index in [2.05, 4.69) is 0 Å². The van der Waals surface area contributed by atoms with E-state index in [-0.39, 0.29) is 12.6 Å². The fourth-order valence-corrected chi connectivity index (χ4v) is 2.04. The Bertz CT molecular complexity index is 440. The number of carboxylic acids is 1. The van der Waals surface area contributed by atoms with Crippen molar-refractivity contribution in [1.82, 2.24) is 4.90 Å². The molecule has 0 bridgehead atoms. The van der Waals surface area contributed by atoms with Crippen molar-refractivity contribution in [2.24, 2.45) is 0 Å². The van der Waals surface area contributed by atoms with Gasteiger partial charge in [0.15, 0.2) is 0 Å². The monoisotopic (exact) mass is 255 g/mol. The van der Waals surface area contributed by atoms with Gasteiger partial charge in [0.05, 0.1) is 0 Å². The average Bonchev–Trinajstić information content (AvgIpc) is 3.07. The Morgan fingerprint density at radius 1 is 1.39 bits per heavy atom. The summed E-state index contributed by atoms with van der Waals surface area (Å²) in [6, 6.07) is 2.86. The van der Waals surface area contributed by atoms with Crippen molar-refractivity contribution in [1.29, 1.82) is 0 Å². The van der Waals surface area contributed by atoms with Crippen LogP contribution in [-0.4, -0.2) is 28.1 Å². The molecule has 98 valence electrons. The zero-order valence-corrected chi connectivity index (χ0v) is 10.1. The minimum absolute atomic E-state index is 0.211. The van der Waals surface area contributed by atoms with Gasteiger partial charge in [-0.3, -0.25) is 9.69 Å². The molecule has 0 aromatic heterocycles. The molecule has 0 radical (unpaired) electrons.